The SMILES string of the molecule is CC1(C)S[C@H]2N(C(=O)[C@@]2(CO)N=Cc2ccc([N+](=O)[O-])cc2)[C@H]1C(=O)OCc1ccccc1. The molecule has 1 N–H and O–H groups in total. The Bertz CT molecular complexity index is 1100. The highest BCUT2D eigenvalue weighted by Gasteiger charge is 2.71. The molecule has 2 heterocycles. The summed E-state index contributed by atoms with van der Waals surface area (Å²) in [6.45, 7) is 3.30. The van der Waals surface area contributed by atoms with Crippen LogP contribution < -0.4 is 0 Å². The van der Waals surface area contributed by atoms with Crippen molar-refractivity contribution < 1.29 is 24.4 Å². The Morgan fingerprint density at radius 3 is 2.52 bits per heavy atom. The molecule has 2 aromatic rings. The van der Waals surface area contributed by atoms with Gasteiger partial charge in [-0.2, -0.15) is 0 Å². The second kappa shape index (κ2) is 8.60. The quantitative estimate of drug-likeness (QED) is 0.217. The highest BCUT2D eigenvalue weighted by Crippen LogP contribution is 2.56. The number of carbonyl (C=O) groups is 2. The van der Waals surface area contributed by atoms with E-state index in [-0.39, 0.29) is 12.3 Å². The van der Waals surface area contributed by atoms with Crippen LogP contribution in [0, 0.1) is 10.1 Å². The number of nitrogens with zero attached hydrogens (tertiary/aromatic N) is 3. The Morgan fingerprint density at radius 1 is 1.24 bits per heavy atom. The minimum Gasteiger partial charge on any atom is -0.459 e. The summed E-state index contributed by atoms with van der Waals surface area (Å²) in [5.74, 6) is -0.953. The Morgan fingerprint density at radius 2 is 1.91 bits per heavy atom. The molecule has 9 nitrogen and oxygen atoms in total. The molecule has 172 valence electrons. The number of hydrogen-bond donors (Lipinski definition) is 1. The highest BCUT2D eigenvalue weighted by atomic mass is 32.2. The number of hydrogen-bond acceptors (Lipinski definition) is 8. The summed E-state index contributed by atoms with van der Waals surface area (Å²) in [5, 5.41) is 20.4. The molecule has 0 aromatic heterocycles. The molecule has 3 atom stereocenters. The minimum absolute atomic E-state index is 0.0557. The number of esters is 1. The van der Waals surface area contributed by atoms with Gasteiger partial charge in [0.25, 0.3) is 11.6 Å². The van der Waals surface area contributed by atoms with E-state index in [1.807, 2.05) is 44.2 Å². The van der Waals surface area contributed by atoms with Crippen molar-refractivity contribution in [1.82, 2.24) is 4.90 Å². The summed E-state index contributed by atoms with van der Waals surface area (Å²) in [4.78, 5) is 42.3. The summed E-state index contributed by atoms with van der Waals surface area (Å²) in [6.07, 6.45) is 1.42. The number of carbonyl (C=O) groups excluding carboxylic acids is 2. The van der Waals surface area contributed by atoms with Crippen molar-refractivity contribution in [3.8, 4) is 0 Å². The van der Waals surface area contributed by atoms with Gasteiger partial charge < -0.3 is 14.7 Å². The maximum Gasteiger partial charge on any atom is 0.330 e. The number of ether oxygens (including phenoxy) is 1. The second-order valence-electron chi connectivity index (χ2n) is 8.47. The van der Waals surface area contributed by atoms with Gasteiger partial charge in [-0.3, -0.25) is 19.9 Å². The van der Waals surface area contributed by atoms with Crippen LogP contribution in [0.15, 0.2) is 59.6 Å². The Kier molecular flexibility index (Phi) is 5.98. The Labute approximate surface area is 194 Å². The number of non-ortho nitro benzene ring substituents is 1. The maximum atomic E-state index is 13.2. The smallest absolute Gasteiger partial charge is 0.330 e. The van der Waals surface area contributed by atoms with Gasteiger partial charge in [-0.1, -0.05) is 30.3 Å². The van der Waals surface area contributed by atoms with Crippen molar-refractivity contribution in [3.05, 3.63) is 75.8 Å². The van der Waals surface area contributed by atoms with Gasteiger partial charge in [-0.05, 0) is 37.1 Å². The van der Waals surface area contributed by atoms with Crippen molar-refractivity contribution in [2.24, 2.45) is 4.99 Å². The largest absolute Gasteiger partial charge is 0.459 e. The third-order valence-electron chi connectivity index (χ3n) is 5.85. The van der Waals surface area contributed by atoms with Crippen molar-refractivity contribution in [2.75, 3.05) is 6.61 Å². The molecule has 0 unspecified atom stereocenters. The lowest BCUT2D eigenvalue weighted by Crippen LogP contribution is -2.74. The fourth-order valence-corrected chi connectivity index (χ4v) is 5.75. The van der Waals surface area contributed by atoms with Crippen LogP contribution in [0.2, 0.25) is 0 Å². The number of aliphatic imine (C=N–C) groups is 1. The lowest BCUT2D eigenvalue weighted by molar-refractivity contribution is -0.384. The zero-order chi connectivity index (χ0) is 23.8. The molecule has 1 amide bonds. The molecule has 0 aliphatic carbocycles. The van der Waals surface area contributed by atoms with Gasteiger partial charge in [0, 0.05) is 23.1 Å². The van der Waals surface area contributed by atoms with E-state index in [2.05, 4.69) is 4.99 Å². The summed E-state index contributed by atoms with van der Waals surface area (Å²) in [6, 6.07) is 14.2. The molecule has 0 radical (unpaired) electrons. The first kappa shape index (κ1) is 22.9. The van der Waals surface area contributed by atoms with E-state index in [0.717, 1.165) is 5.56 Å². The number of aliphatic hydroxyl groups is 1. The van der Waals surface area contributed by atoms with Gasteiger partial charge in [-0.25, -0.2) is 4.79 Å². The van der Waals surface area contributed by atoms with Crippen LogP contribution in [0.4, 0.5) is 5.69 Å². The summed E-state index contributed by atoms with van der Waals surface area (Å²) in [7, 11) is 0. The minimum atomic E-state index is -1.42. The molecule has 2 fully saturated rings. The lowest BCUT2D eigenvalue weighted by Gasteiger charge is -2.49. The molecule has 2 aromatic carbocycles. The molecule has 0 bridgehead atoms. The van der Waals surface area contributed by atoms with E-state index in [0.29, 0.717) is 5.56 Å². The number of rotatable bonds is 7. The van der Waals surface area contributed by atoms with Crippen molar-refractivity contribution in [3.63, 3.8) is 0 Å². The first-order valence-electron chi connectivity index (χ1n) is 10.3. The number of nitro benzene ring substituents is 1. The molecule has 2 aliphatic rings. The van der Waals surface area contributed by atoms with Crippen LogP contribution in [0.25, 0.3) is 0 Å². The van der Waals surface area contributed by atoms with Crippen LogP contribution in [-0.4, -0.2) is 61.3 Å². The van der Waals surface area contributed by atoms with Crippen molar-refractivity contribution in [2.45, 2.75) is 42.2 Å². The number of aliphatic hydroxyl groups excluding tert-OH is 1. The number of fused-ring (bicyclic) bond motifs is 1. The normalized spacial score (nSPS) is 25.5. The molecule has 2 saturated heterocycles. The third kappa shape index (κ3) is 4.00. The van der Waals surface area contributed by atoms with Gasteiger partial charge >= 0.3 is 5.97 Å². The molecule has 2 aliphatic heterocycles. The molecule has 33 heavy (non-hydrogen) atoms. The number of amides is 1. The van der Waals surface area contributed by atoms with Gasteiger partial charge in [0.1, 0.15) is 18.0 Å². The number of β-lactam (4-membered cyclic amide) rings is 1. The van der Waals surface area contributed by atoms with Gasteiger partial charge in [0.2, 0.25) is 0 Å². The lowest BCUT2D eigenvalue weighted by atomic mass is 9.85. The molecule has 0 spiro atoms. The van der Waals surface area contributed by atoms with Crippen LogP contribution in [0.1, 0.15) is 25.0 Å². The molecular weight excluding hydrogens is 446 g/mol. The number of thioether (sulfide) groups is 1. The average Bonchev–Trinajstić information content (AvgIpc) is 3.07. The number of nitro groups is 1. The maximum absolute atomic E-state index is 13.2. The first-order valence-corrected chi connectivity index (χ1v) is 11.2. The van der Waals surface area contributed by atoms with E-state index < -0.39 is 45.1 Å². The van der Waals surface area contributed by atoms with Gasteiger partial charge in [0.05, 0.1) is 11.5 Å². The summed E-state index contributed by atoms with van der Waals surface area (Å²) in [5.41, 5.74) is -0.0724. The molecule has 4 rings (SSSR count). The van der Waals surface area contributed by atoms with E-state index in [1.165, 1.54) is 47.1 Å². The molecule has 0 saturated carbocycles. The predicted molar refractivity (Wildman–Crippen MR) is 123 cm³/mol. The van der Waals surface area contributed by atoms with Crippen LogP contribution in [-0.2, 0) is 20.9 Å². The molecular formula is C23H23N3O6S. The average molecular weight is 470 g/mol. The second-order valence-corrected chi connectivity index (χ2v) is 10.2. The fourth-order valence-electron chi connectivity index (χ4n) is 4.08. The van der Waals surface area contributed by atoms with E-state index in [1.54, 1.807) is 0 Å². The first-order chi connectivity index (χ1) is 15.7. The van der Waals surface area contributed by atoms with E-state index >= 15 is 0 Å². The number of benzene rings is 2. The zero-order valence-corrected chi connectivity index (χ0v) is 18.9. The van der Waals surface area contributed by atoms with E-state index in [9.17, 15) is 24.8 Å². The Hall–Kier alpha value is -3.24. The summed E-state index contributed by atoms with van der Waals surface area (Å²) < 4.78 is 4.86. The standard InChI is InChI=1S/C23H23N3O6S/c1-22(2)18(19(28)32-13-16-6-4-3-5-7-16)25-20(29)23(14-27,21(25)33-22)24-12-15-8-10-17(11-9-15)26(30)31/h3-12,18,21,27H,13-14H2,1-2H3/t18-,21+,23+/m0/s1. The molecule has 10 heteroatoms. The van der Waals surface area contributed by atoms with Crippen molar-refractivity contribution in [1.29, 1.82) is 0 Å². The van der Waals surface area contributed by atoms with Crippen LogP contribution >= 0.6 is 11.8 Å². The van der Waals surface area contributed by atoms with E-state index in [4.69, 9.17) is 4.74 Å². The monoisotopic (exact) mass is 469 g/mol. The third-order valence-corrected chi connectivity index (χ3v) is 7.53. The summed E-state index contributed by atoms with van der Waals surface area (Å²) >= 11 is 1.39. The zero-order valence-electron chi connectivity index (χ0n) is 18.1. The van der Waals surface area contributed by atoms with Gasteiger partial charge in [0.15, 0.2) is 5.54 Å². The van der Waals surface area contributed by atoms with Crippen molar-refractivity contribution >= 4 is 35.5 Å². The van der Waals surface area contributed by atoms with Crippen LogP contribution in [0.3, 0.4) is 0 Å². The topological polar surface area (TPSA) is 122 Å². The highest BCUT2D eigenvalue weighted by molar-refractivity contribution is 8.01. The predicted octanol–water partition coefficient (Wildman–Crippen LogP) is 2.55. The van der Waals surface area contributed by atoms with Crippen LogP contribution in [0.5, 0.6) is 0 Å². The van der Waals surface area contributed by atoms with Gasteiger partial charge in [-0.15, -0.1) is 11.8 Å². The fraction of sp³-hybridized carbons (Fsp3) is 0.348. The Balaban J connectivity index is 1.52.